The normalized spacial score (nSPS) is 29.9. The highest BCUT2D eigenvalue weighted by molar-refractivity contribution is 5.82. The topological polar surface area (TPSA) is 50.8 Å². The van der Waals surface area contributed by atoms with Crippen LogP contribution in [0.2, 0.25) is 0 Å². The summed E-state index contributed by atoms with van der Waals surface area (Å²) >= 11 is 0. The molecular weight excluding hydrogens is 268 g/mol. The quantitative estimate of drug-likeness (QED) is 0.715. The Labute approximate surface area is 127 Å². The number of ether oxygens (including phenoxy) is 2. The van der Waals surface area contributed by atoms with Crippen LogP contribution in [0.5, 0.6) is 0 Å². The van der Waals surface area contributed by atoms with E-state index in [9.17, 15) is 4.79 Å². The van der Waals surface area contributed by atoms with Crippen LogP contribution in [-0.4, -0.2) is 61.4 Å². The summed E-state index contributed by atoms with van der Waals surface area (Å²) in [4.78, 5) is 15.1. The average Bonchev–Trinajstić information content (AvgIpc) is 3.34. The minimum absolute atomic E-state index is 0.0434. The van der Waals surface area contributed by atoms with Crippen molar-refractivity contribution in [3.8, 4) is 0 Å². The molecule has 0 spiro atoms. The van der Waals surface area contributed by atoms with E-state index < -0.39 is 5.54 Å². The fourth-order valence-electron chi connectivity index (χ4n) is 3.33. The maximum absolute atomic E-state index is 12.7. The summed E-state index contributed by atoms with van der Waals surface area (Å²) in [6, 6.07) is 0.874. The second-order valence-electron chi connectivity index (χ2n) is 6.78. The van der Waals surface area contributed by atoms with E-state index in [0.717, 1.165) is 39.1 Å². The number of carbonyl (C=O) groups is 1. The third-order valence-corrected chi connectivity index (χ3v) is 4.91. The lowest BCUT2D eigenvalue weighted by Gasteiger charge is -2.41. The molecule has 1 aliphatic heterocycles. The molecule has 5 nitrogen and oxygen atoms in total. The highest BCUT2D eigenvalue weighted by atomic mass is 16.5. The molecule has 3 fully saturated rings. The molecule has 21 heavy (non-hydrogen) atoms. The SMILES string of the molecule is CCOC(=O)C(CN1CCOCC1C)(NC1CC1)C1CC1. The van der Waals surface area contributed by atoms with Crippen LogP contribution >= 0.6 is 0 Å². The number of nitrogens with one attached hydrogen (secondary N) is 1. The first kappa shape index (κ1) is 15.3. The molecule has 0 aromatic rings. The largest absolute Gasteiger partial charge is 0.465 e. The Hall–Kier alpha value is -0.650. The first-order valence-electron chi connectivity index (χ1n) is 8.42. The third kappa shape index (κ3) is 3.41. The van der Waals surface area contributed by atoms with Gasteiger partial charge < -0.3 is 9.47 Å². The van der Waals surface area contributed by atoms with Gasteiger partial charge in [-0.2, -0.15) is 0 Å². The van der Waals surface area contributed by atoms with Crippen LogP contribution in [-0.2, 0) is 14.3 Å². The molecule has 0 radical (unpaired) electrons. The molecule has 0 aromatic heterocycles. The molecule has 2 saturated carbocycles. The van der Waals surface area contributed by atoms with Gasteiger partial charge in [0.15, 0.2) is 0 Å². The summed E-state index contributed by atoms with van der Waals surface area (Å²) in [5, 5.41) is 3.66. The van der Waals surface area contributed by atoms with Gasteiger partial charge in [-0.3, -0.25) is 10.2 Å². The molecule has 3 rings (SSSR count). The zero-order valence-electron chi connectivity index (χ0n) is 13.3. The number of carbonyl (C=O) groups excluding carboxylic acids is 1. The van der Waals surface area contributed by atoms with Crippen molar-refractivity contribution in [2.24, 2.45) is 5.92 Å². The summed E-state index contributed by atoms with van der Waals surface area (Å²) in [6.07, 6.45) is 4.65. The van der Waals surface area contributed by atoms with E-state index in [0.29, 0.717) is 24.6 Å². The number of hydrogen-bond acceptors (Lipinski definition) is 5. The Bertz CT molecular complexity index is 382. The van der Waals surface area contributed by atoms with Crippen molar-refractivity contribution in [2.45, 2.75) is 57.2 Å². The molecule has 3 aliphatic rings. The van der Waals surface area contributed by atoms with Crippen molar-refractivity contribution >= 4 is 5.97 Å². The van der Waals surface area contributed by atoms with Crippen molar-refractivity contribution in [3.05, 3.63) is 0 Å². The maximum Gasteiger partial charge on any atom is 0.327 e. The van der Waals surface area contributed by atoms with Gasteiger partial charge in [-0.1, -0.05) is 0 Å². The minimum atomic E-state index is -0.497. The first-order valence-corrected chi connectivity index (χ1v) is 8.42. The second kappa shape index (κ2) is 6.23. The van der Waals surface area contributed by atoms with Gasteiger partial charge in [0, 0.05) is 25.2 Å². The molecule has 1 N–H and O–H groups in total. The zero-order chi connectivity index (χ0) is 14.9. The van der Waals surface area contributed by atoms with Crippen LogP contribution in [0.25, 0.3) is 0 Å². The van der Waals surface area contributed by atoms with Crippen LogP contribution in [0, 0.1) is 5.92 Å². The number of nitrogens with zero attached hydrogens (tertiary/aromatic N) is 1. The van der Waals surface area contributed by atoms with Gasteiger partial charge in [-0.15, -0.1) is 0 Å². The van der Waals surface area contributed by atoms with E-state index in [1.54, 1.807) is 0 Å². The number of esters is 1. The van der Waals surface area contributed by atoms with Gasteiger partial charge in [-0.05, 0) is 45.4 Å². The van der Waals surface area contributed by atoms with Gasteiger partial charge in [-0.25, -0.2) is 4.79 Å². The fourth-order valence-corrected chi connectivity index (χ4v) is 3.33. The molecule has 120 valence electrons. The summed E-state index contributed by atoms with van der Waals surface area (Å²) < 4.78 is 11.0. The average molecular weight is 296 g/mol. The predicted octanol–water partition coefficient (Wildman–Crippen LogP) is 1.17. The Kier molecular flexibility index (Phi) is 4.52. The summed E-state index contributed by atoms with van der Waals surface area (Å²) in [5.74, 6) is 0.394. The Morgan fingerprint density at radius 1 is 1.38 bits per heavy atom. The van der Waals surface area contributed by atoms with E-state index in [-0.39, 0.29) is 5.97 Å². The van der Waals surface area contributed by atoms with Crippen molar-refractivity contribution in [2.75, 3.05) is 32.9 Å². The first-order chi connectivity index (χ1) is 10.2. The van der Waals surface area contributed by atoms with Gasteiger partial charge in [0.2, 0.25) is 0 Å². The smallest absolute Gasteiger partial charge is 0.327 e. The highest BCUT2D eigenvalue weighted by Crippen LogP contribution is 2.43. The van der Waals surface area contributed by atoms with Crippen molar-refractivity contribution < 1.29 is 14.3 Å². The standard InChI is InChI=1S/C16H28N2O3/c1-3-21-15(19)16(13-4-5-13,17-14-6-7-14)11-18-8-9-20-10-12(18)2/h12-14,17H,3-11H2,1-2H3. The number of morpholine rings is 1. The number of rotatable bonds is 7. The van der Waals surface area contributed by atoms with Crippen LogP contribution in [0.4, 0.5) is 0 Å². The molecule has 2 unspecified atom stereocenters. The third-order valence-electron chi connectivity index (χ3n) is 4.91. The fraction of sp³-hybridized carbons (Fsp3) is 0.938. The monoisotopic (exact) mass is 296 g/mol. The van der Waals surface area contributed by atoms with Gasteiger partial charge >= 0.3 is 5.97 Å². The lowest BCUT2D eigenvalue weighted by molar-refractivity contribution is -0.154. The Morgan fingerprint density at radius 3 is 2.71 bits per heavy atom. The van der Waals surface area contributed by atoms with Crippen LogP contribution in [0.15, 0.2) is 0 Å². The van der Waals surface area contributed by atoms with Crippen molar-refractivity contribution in [1.82, 2.24) is 10.2 Å². The van der Waals surface area contributed by atoms with Crippen LogP contribution < -0.4 is 5.32 Å². The van der Waals surface area contributed by atoms with E-state index in [1.165, 1.54) is 12.8 Å². The predicted molar refractivity (Wildman–Crippen MR) is 80.1 cm³/mol. The molecule has 5 heteroatoms. The van der Waals surface area contributed by atoms with Gasteiger partial charge in [0.25, 0.3) is 0 Å². The zero-order valence-corrected chi connectivity index (χ0v) is 13.3. The molecule has 2 atom stereocenters. The van der Waals surface area contributed by atoms with Crippen molar-refractivity contribution in [3.63, 3.8) is 0 Å². The van der Waals surface area contributed by atoms with E-state index >= 15 is 0 Å². The highest BCUT2D eigenvalue weighted by Gasteiger charge is 2.55. The van der Waals surface area contributed by atoms with Gasteiger partial charge in [0.05, 0.1) is 19.8 Å². The molecule has 0 amide bonds. The van der Waals surface area contributed by atoms with E-state index in [2.05, 4.69) is 17.1 Å². The lowest BCUT2D eigenvalue weighted by atomic mass is 9.91. The summed E-state index contributed by atoms with van der Waals surface area (Å²) in [5.41, 5.74) is -0.497. The Balaban J connectivity index is 1.77. The van der Waals surface area contributed by atoms with E-state index in [4.69, 9.17) is 9.47 Å². The molecule has 2 aliphatic carbocycles. The van der Waals surface area contributed by atoms with Crippen LogP contribution in [0.3, 0.4) is 0 Å². The van der Waals surface area contributed by atoms with Crippen LogP contribution in [0.1, 0.15) is 39.5 Å². The molecule has 0 aromatic carbocycles. The molecule has 1 saturated heterocycles. The summed E-state index contributed by atoms with van der Waals surface area (Å²) in [7, 11) is 0. The van der Waals surface area contributed by atoms with E-state index in [1.807, 2.05) is 6.92 Å². The summed E-state index contributed by atoms with van der Waals surface area (Å²) in [6.45, 7) is 7.71. The van der Waals surface area contributed by atoms with Crippen molar-refractivity contribution in [1.29, 1.82) is 0 Å². The second-order valence-corrected chi connectivity index (χ2v) is 6.78. The molecule has 0 bridgehead atoms. The lowest BCUT2D eigenvalue weighted by Crippen LogP contribution is -2.64. The van der Waals surface area contributed by atoms with Gasteiger partial charge in [0.1, 0.15) is 5.54 Å². The number of hydrogen-bond donors (Lipinski definition) is 1. The Morgan fingerprint density at radius 2 is 2.14 bits per heavy atom. The molecule has 1 heterocycles. The minimum Gasteiger partial charge on any atom is -0.465 e. The maximum atomic E-state index is 12.7. The molecular formula is C16H28N2O3.